The molecule has 0 radical (unpaired) electrons. The number of nitrogen functional groups attached to an aromatic ring is 1. The van der Waals surface area contributed by atoms with Gasteiger partial charge in [0.15, 0.2) is 5.13 Å². The first-order valence-electron chi connectivity index (χ1n) is 4.70. The number of nitrogens with two attached hydrogens (primary N) is 1. The minimum absolute atomic E-state index is 0.0282. The van der Waals surface area contributed by atoms with Gasteiger partial charge in [-0.3, -0.25) is 4.79 Å². The first kappa shape index (κ1) is 12.9. The number of thiazole rings is 1. The van der Waals surface area contributed by atoms with E-state index in [0.29, 0.717) is 15.7 Å². The van der Waals surface area contributed by atoms with Gasteiger partial charge in [-0.1, -0.05) is 11.3 Å². The van der Waals surface area contributed by atoms with Crippen LogP contribution in [-0.4, -0.2) is 39.9 Å². The third-order valence-corrected chi connectivity index (χ3v) is 2.98. The summed E-state index contributed by atoms with van der Waals surface area (Å²) in [4.78, 5) is 16.0. The molecular weight excluding hydrogens is 230 g/mol. The van der Waals surface area contributed by atoms with E-state index in [0.717, 1.165) is 11.3 Å². The zero-order valence-electron chi connectivity index (χ0n) is 9.15. The van der Waals surface area contributed by atoms with Crippen LogP contribution in [0.5, 0.6) is 0 Å². The fourth-order valence-corrected chi connectivity index (χ4v) is 1.78. The monoisotopic (exact) mass is 245 g/mol. The fourth-order valence-electron chi connectivity index (χ4n) is 1.03. The van der Waals surface area contributed by atoms with Crippen LogP contribution < -0.4 is 11.1 Å². The Morgan fingerprint density at radius 3 is 2.75 bits per heavy atom. The first-order valence-corrected chi connectivity index (χ1v) is 5.52. The smallest absolute Gasteiger partial charge is 0.263 e. The predicted molar refractivity (Wildman–Crippen MR) is 61.3 cm³/mol. The lowest BCUT2D eigenvalue weighted by Crippen LogP contribution is -2.43. The van der Waals surface area contributed by atoms with Crippen molar-refractivity contribution < 1.29 is 15.0 Å². The third kappa shape index (κ3) is 3.16. The van der Waals surface area contributed by atoms with Gasteiger partial charge in [0, 0.05) is 6.54 Å². The van der Waals surface area contributed by atoms with Gasteiger partial charge >= 0.3 is 0 Å². The zero-order valence-corrected chi connectivity index (χ0v) is 9.97. The predicted octanol–water partition coefficient (Wildman–Crippen LogP) is -0.493. The van der Waals surface area contributed by atoms with Gasteiger partial charge in [-0.05, 0) is 13.8 Å². The molecule has 1 amide bonds. The number of carbonyl (C=O) groups is 1. The Bertz CT molecular complexity index is 389. The number of aromatic nitrogens is 1. The maximum atomic E-state index is 11.7. The van der Waals surface area contributed by atoms with Crippen LogP contribution in [0, 0.1) is 6.92 Å². The Labute approximate surface area is 97.1 Å². The number of anilines is 1. The number of hydrogen-bond donors (Lipinski definition) is 4. The summed E-state index contributed by atoms with van der Waals surface area (Å²) in [7, 11) is 0. The lowest BCUT2D eigenvalue weighted by Gasteiger charge is -2.20. The van der Waals surface area contributed by atoms with Gasteiger partial charge in [0.05, 0.1) is 12.3 Å². The van der Waals surface area contributed by atoms with E-state index in [1.54, 1.807) is 6.92 Å². The van der Waals surface area contributed by atoms with Crippen LogP contribution in [0.4, 0.5) is 5.13 Å². The average Bonchev–Trinajstić information content (AvgIpc) is 2.54. The van der Waals surface area contributed by atoms with Crippen LogP contribution in [0.1, 0.15) is 22.3 Å². The van der Waals surface area contributed by atoms with Crippen molar-refractivity contribution in [3.8, 4) is 0 Å². The van der Waals surface area contributed by atoms with Crippen LogP contribution >= 0.6 is 11.3 Å². The van der Waals surface area contributed by atoms with Crippen LogP contribution in [0.3, 0.4) is 0 Å². The molecule has 6 nitrogen and oxygen atoms in total. The molecule has 0 fully saturated rings. The van der Waals surface area contributed by atoms with E-state index in [4.69, 9.17) is 10.8 Å². The number of aryl methyl sites for hydroxylation is 1. The van der Waals surface area contributed by atoms with Crippen LogP contribution in [0.25, 0.3) is 0 Å². The van der Waals surface area contributed by atoms with Gasteiger partial charge in [0.2, 0.25) is 0 Å². The fraction of sp³-hybridized carbons (Fsp3) is 0.556. The molecule has 0 aliphatic rings. The van der Waals surface area contributed by atoms with Gasteiger partial charge in [-0.2, -0.15) is 0 Å². The molecule has 1 unspecified atom stereocenters. The number of rotatable bonds is 4. The van der Waals surface area contributed by atoms with Crippen LogP contribution in [0.2, 0.25) is 0 Å². The van der Waals surface area contributed by atoms with E-state index in [2.05, 4.69) is 10.3 Å². The number of nitrogens with zero attached hydrogens (tertiary/aromatic N) is 1. The minimum atomic E-state index is -1.32. The van der Waals surface area contributed by atoms with E-state index in [9.17, 15) is 9.90 Å². The quantitative estimate of drug-likeness (QED) is 0.572. The van der Waals surface area contributed by atoms with E-state index in [1.807, 2.05) is 0 Å². The number of amides is 1. The molecule has 0 aliphatic heterocycles. The molecule has 1 aromatic rings. The largest absolute Gasteiger partial charge is 0.393 e. The van der Waals surface area contributed by atoms with Gasteiger partial charge in [-0.25, -0.2) is 4.98 Å². The lowest BCUT2D eigenvalue weighted by molar-refractivity contribution is 0.00322. The maximum Gasteiger partial charge on any atom is 0.263 e. The molecule has 5 N–H and O–H groups in total. The molecule has 1 rings (SSSR count). The summed E-state index contributed by atoms with van der Waals surface area (Å²) in [6, 6.07) is 0. The van der Waals surface area contributed by atoms with Crippen molar-refractivity contribution >= 4 is 22.4 Å². The molecule has 90 valence electrons. The van der Waals surface area contributed by atoms with E-state index < -0.39 is 12.2 Å². The Balaban J connectivity index is 2.63. The van der Waals surface area contributed by atoms with Crippen molar-refractivity contribution in [2.75, 3.05) is 18.9 Å². The van der Waals surface area contributed by atoms with Crippen molar-refractivity contribution in [3.63, 3.8) is 0 Å². The number of nitrogens with one attached hydrogen (secondary N) is 1. The Kier molecular flexibility index (Phi) is 3.84. The second-order valence-corrected chi connectivity index (χ2v) is 4.84. The summed E-state index contributed by atoms with van der Waals surface area (Å²) in [6.07, 6.45) is 0. The molecule has 0 aliphatic carbocycles. The van der Waals surface area contributed by atoms with Crippen molar-refractivity contribution in [1.82, 2.24) is 10.3 Å². The number of carbonyl (C=O) groups excluding carboxylic acids is 1. The summed E-state index contributed by atoms with van der Waals surface area (Å²) in [5.74, 6) is -0.347. The summed E-state index contributed by atoms with van der Waals surface area (Å²) in [6.45, 7) is 2.67. The highest BCUT2D eigenvalue weighted by molar-refractivity contribution is 7.17. The summed E-state index contributed by atoms with van der Waals surface area (Å²) < 4.78 is 0. The molecule has 0 saturated heterocycles. The number of aliphatic hydroxyl groups is 2. The van der Waals surface area contributed by atoms with E-state index in [1.165, 1.54) is 6.92 Å². The van der Waals surface area contributed by atoms with Crippen molar-refractivity contribution in [2.45, 2.75) is 19.4 Å². The molecular formula is C9H15N3O3S. The molecule has 16 heavy (non-hydrogen) atoms. The SMILES string of the molecule is Cc1nc(N)sc1C(=O)NCC(C)(O)CO. The number of hydrogen-bond acceptors (Lipinski definition) is 6. The highest BCUT2D eigenvalue weighted by Crippen LogP contribution is 2.19. The molecule has 1 atom stereocenters. The van der Waals surface area contributed by atoms with E-state index >= 15 is 0 Å². The van der Waals surface area contributed by atoms with Crippen molar-refractivity contribution in [2.24, 2.45) is 0 Å². The van der Waals surface area contributed by atoms with Crippen LogP contribution in [-0.2, 0) is 0 Å². The van der Waals surface area contributed by atoms with Gasteiger partial charge in [0.25, 0.3) is 5.91 Å². The van der Waals surface area contributed by atoms with Crippen molar-refractivity contribution in [3.05, 3.63) is 10.6 Å². The molecule has 1 heterocycles. The molecule has 0 bridgehead atoms. The van der Waals surface area contributed by atoms with E-state index in [-0.39, 0.29) is 12.5 Å². The highest BCUT2D eigenvalue weighted by Gasteiger charge is 2.21. The topological polar surface area (TPSA) is 108 Å². The summed E-state index contributed by atoms with van der Waals surface area (Å²) >= 11 is 1.09. The van der Waals surface area contributed by atoms with Crippen LogP contribution in [0.15, 0.2) is 0 Å². The second-order valence-electron chi connectivity index (χ2n) is 3.80. The van der Waals surface area contributed by atoms with Gasteiger partial charge in [-0.15, -0.1) is 0 Å². The molecule has 0 aromatic carbocycles. The van der Waals surface area contributed by atoms with Gasteiger partial charge < -0.3 is 21.3 Å². The Morgan fingerprint density at radius 1 is 1.69 bits per heavy atom. The normalized spacial score (nSPS) is 14.5. The van der Waals surface area contributed by atoms with Crippen molar-refractivity contribution in [1.29, 1.82) is 0 Å². The second kappa shape index (κ2) is 4.77. The molecule has 0 spiro atoms. The highest BCUT2D eigenvalue weighted by atomic mass is 32.1. The zero-order chi connectivity index (χ0) is 12.3. The maximum absolute atomic E-state index is 11.7. The molecule has 7 heteroatoms. The van der Waals surface area contributed by atoms with Gasteiger partial charge in [0.1, 0.15) is 10.5 Å². The third-order valence-electron chi connectivity index (χ3n) is 1.99. The minimum Gasteiger partial charge on any atom is -0.393 e. The lowest BCUT2D eigenvalue weighted by atomic mass is 10.1. The summed E-state index contributed by atoms with van der Waals surface area (Å²) in [5.41, 5.74) is 4.70. The first-order chi connectivity index (χ1) is 7.35. The molecule has 0 saturated carbocycles. The Morgan fingerprint density at radius 2 is 2.31 bits per heavy atom. The standard InChI is InChI=1S/C9H15N3O3S/c1-5-6(16-8(10)12-5)7(14)11-3-9(2,15)4-13/h13,15H,3-4H2,1-2H3,(H2,10,12)(H,11,14). The number of aliphatic hydroxyl groups excluding tert-OH is 1. The summed E-state index contributed by atoms with van der Waals surface area (Å²) in [5, 5.41) is 21.1. The Hall–Kier alpha value is -1.18. The molecule has 1 aromatic heterocycles. The average molecular weight is 245 g/mol.